The van der Waals surface area contributed by atoms with Gasteiger partial charge in [0.15, 0.2) is 0 Å². The maximum atomic E-state index is 12.3. The lowest BCUT2D eigenvalue weighted by Crippen LogP contribution is -2.17. The number of hydrogen-bond acceptors (Lipinski definition) is 3. The van der Waals surface area contributed by atoms with Crippen LogP contribution < -0.4 is 5.32 Å². The molecule has 1 aromatic heterocycles. The van der Waals surface area contributed by atoms with Crippen LogP contribution in [0.2, 0.25) is 5.02 Å². The quantitative estimate of drug-likeness (QED) is 0.643. The fraction of sp³-hybridized carbons (Fsp3) is 0.158. The first kappa shape index (κ1) is 17.6. The first-order chi connectivity index (χ1) is 12.1. The molecule has 0 bridgehead atoms. The van der Waals surface area contributed by atoms with Crippen LogP contribution in [0.4, 0.5) is 5.82 Å². The summed E-state index contributed by atoms with van der Waals surface area (Å²) in [5, 5.41) is 8.06. The van der Waals surface area contributed by atoms with Gasteiger partial charge in [0.25, 0.3) is 0 Å². The number of carbonyl (C=O) groups is 1. The minimum atomic E-state index is -0.0841. The lowest BCUT2D eigenvalue weighted by atomic mass is 10.2. The van der Waals surface area contributed by atoms with E-state index in [2.05, 4.69) is 10.4 Å². The molecule has 0 saturated heterocycles. The van der Waals surface area contributed by atoms with Crippen LogP contribution in [0.1, 0.15) is 11.3 Å². The summed E-state index contributed by atoms with van der Waals surface area (Å²) in [4.78, 5) is 13.2. The largest absolute Gasteiger partial charge is 0.310 e. The average Bonchev–Trinajstić information content (AvgIpc) is 2.94. The zero-order chi connectivity index (χ0) is 17.6. The van der Waals surface area contributed by atoms with E-state index in [9.17, 15) is 4.79 Å². The Balaban J connectivity index is 1.64. The number of halogens is 1. The van der Waals surface area contributed by atoms with E-state index in [0.29, 0.717) is 23.1 Å². The zero-order valence-corrected chi connectivity index (χ0v) is 15.3. The summed E-state index contributed by atoms with van der Waals surface area (Å²) in [6.45, 7) is 2.53. The Morgan fingerprint density at radius 3 is 2.64 bits per heavy atom. The van der Waals surface area contributed by atoms with Gasteiger partial charge in [-0.2, -0.15) is 5.10 Å². The predicted octanol–water partition coefficient (Wildman–Crippen LogP) is 4.62. The second-order valence-electron chi connectivity index (χ2n) is 5.58. The highest BCUT2D eigenvalue weighted by Crippen LogP contribution is 2.26. The van der Waals surface area contributed by atoms with Crippen molar-refractivity contribution in [2.75, 3.05) is 11.1 Å². The number of benzene rings is 2. The standard InChI is InChI=1S/C19H18ClN3OS/c1-14-11-18(23(22-14)12-15-7-3-2-4-8-15)21-19(24)13-25-17-10-6-5-9-16(17)20/h2-11H,12-13H2,1H3,(H,21,24). The molecule has 0 spiro atoms. The molecule has 3 rings (SSSR count). The second kappa shape index (κ2) is 8.23. The molecule has 0 radical (unpaired) electrons. The molecule has 1 heterocycles. The molecule has 128 valence electrons. The van der Waals surface area contributed by atoms with Gasteiger partial charge < -0.3 is 5.32 Å². The molecule has 0 unspecified atom stereocenters. The van der Waals surface area contributed by atoms with Crippen LogP contribution >= 0.6 is 23.4 Å². The normalized spacial score (nSPS) is 10.6. The van der Waals surface area contributed by atoms with Gasteiger partial charge in [-0.3, -0.25) is 4.79 Å². The third-order valence-electron chi connectivity index (χ3n) is 3.54. The van der Waals surface area contributed by atoms with Crippen LogP contribution in [-0.4, -0.2) is 21.4 Å². The number of carbonyl (C=O) groups excluding carboxylic acids is 1. The lowest BCUT2D eigenvalue weighted by molar-refractivity contribution is -0.113. The van der Waals surface area contributed by atoms with E-state index >= 15 is 0 Å². The zero-order valence-electron chi connectivity index (χ0n) is 13.8. The Bertz CT molecular complexity index is 864. The van der Waals surface area contributed by atoms with Gasteiger partial charge in [0, 0.05) is 11.0 Å². The highest BCUT2D eigenvalue weighted by molar-refractivity contribution is 8.00. The molecule has 6 heteroatoms. The fourth-order valence-electron chi connectivity index (χ4n) is 2.41. The van der Waals surface area contributed by atoms with Gasteiger partial charge >= 0.3 is 0 Å². The Labute approximate surface area is 156 Å². The Morgan fingerprint density at radius 2 is 1.88 bits per heavy atom. The number of nitrogens with one attached hydrogen (secondary N) is 1. The van der Waals surface area contributed by atoms with E-state index in [1.54, 1.807) is 0 Å². The molecule has 1 amide bonds. The van der Waals surface area contributed by atoms with E-state index in [0.717, 1.165) is 16.2 Å². The summed E-state index contributed by atoms with van der Waals surface area (Å²) >= 11 is 7.54. The summed E-state index contributed by atoms with van der Waals surface area (Å²) < 4.78 is 1.81. The van der Waals surface area contributed by atoms with Gasteiger partial charge in [0.05, 0.1) is 23.0 Å². The third kappa shape index (κ3) is 4.87. The van der Waals surface area contributed by atoms with Gasteiger partial charge in [-0.1, -0.05) is 54.1 Å². The minimum Gasteiger partial charge on any atom is -0.310 e. The maximum absolute atomic E-state index is 12.3. The number of aryl methyl sites for hydroxylation is 1. The summed E-state index contributed by atoms with van der Waals surface area (Å²) in [7, 11) is 0. The van der Waals surface area contributed by atoms with Crippen molar-refractivity contribution in [3.8, 4) is 0 Å². The van der Waals surface area contributed by atoms with Crippen molar-refractivity contribution < 1.29 is 4.79 Å². The van der Waals surface area contributed by atoms with E-state index < -0.39 is 0 Å². The molecule has 0 aliphatic carbocycles. The smallest absolute Gasteiger partial charge is 0.235 e. The van der Waals surface area contributed by atoms with E-state index in [-0.39, 0.29) is 5.91 Å². The second-order valence-corrected chi connectivity index (χ2v) is 7.01. The van der Waals surface area contributed by atoms with Crippen molar-refractivity contribution in [3.05, 3.63) is 76.9 Å². The molecule has 0 saturated carbocycles. The van der Waals surface area contributed by atoms with Crippen molar-refractivity contribution in [3.63, 3.8) is 0 Å². The number of amides is 1. The van der Waals surface area contributed by atoms with Crippen LogP contribution in [0.15, 0.2) is 65.6 Å². The van der Waals surface area contributed by atoms with E-state index in [4.69, 9.17) is 11.6 Å². The molecule has 3 aromatic rings. The number of aromatic nitrogens is 2. The van der Waals surface area contributed by atoms with E-state index in [1.807, 2.05) is 72.3 Å². The molecule has 0 fully saturated rings. The summed E-state index contributed by atoms with van der Waals surface area (Å²) in [5.74, 6) is 0.907. The molecule has 4 nitrogen and oxygen atoms in total. The average molecular weight is 372 g/mol. The van der Waals surface area contributed by atoms with Crippen molar-refractivity contribution in [1.29, 1.82) is 0 Å². The van der Waals surface area contributed by atoms with Gasteiger partial charge in [0.2, 0.25) is 5.91 Å². The Hall–Kier alpha value is -2.24. The molecule has 0 aliphatic rings. The summed E-state index contributed by atoms with van der Waals surface area (Å²) in [6, 6.07) is 19.4. The van der Waals surface area contributed by atoms with Gasteiger partial charge in [-0.15, -0.1) is 11.8 Å². The third-order valence-corrected chi connectivity index (χ3v) is 5.06. The van der Waals surface area contributed by atoms with Crippen LogP contribution in [0, 0.1) is 6.92 Å². The monoisotopic (exact) mass is 371 g/mol. The first-order valence-corrected chi connectivity index (χ1v) is 9.24. The molecule has 1 N–H and O–H groups in total. The van der Waals surface area contributed by atoms with Crippen LogP contribution in [0.25, 0.3) is 0 Å². The number of rotatable bonds is 6. The van der Waals surface area contributed by atoms with Crippen LogP contribution in [0.3, 0.4) is 0 Å². The molecular weight excluding hydrogens is 354 g/mol. The van der Waals surface area contributed by atoms with Gasteiger partial charge in [0.1, 0.15) is 5.82 Å². The summed E-state index contributed by atoms with van der Waals surface area (Å²) in [5.41, 5.74) is 2.00. The lowest BCUT2D eigenvalue weighted by Gasteiger charge is -2.09. The number of hydrogen-bond donors (Lipinski definition) is 1. The number of anilines is 1. The highest BCUT2D eigenvalue weighted by Gasteiger charge is 2.11. The topological polar surface area (TPSA) is 46.9 Å². The molecule has 2 aromatic carbocycles. The number of nitrogens with zero attached hydrogens (tertiary/aromatic N) is 2. The SMILES string of the molecule is Cc1cc(NC(=O)CSc2ccccc2Cl)n(Cc2ccccc2)n1. The highest BCUT2D eigenvalue weighted by atomic mass is 35.5. The van der Waals surface area contributed by atoms with Crippen LogP contribution in [0.5, 0.6) is 0 Å². The van der Waals surface area contributed by atoms with Crippen molar-refractivity contribution in [2.45, 2.75) is 18.4 Å². The van der Waals surface area contributed by atoms with Crippen molar-refractivity contribution in [1.82, 2.24) is 9.78 Å². The van der Waals surface area contributed by atoms with Crippen LogP contribution in [-0.2, 0) is 11.3 Å². The summed E-state index contributed by atoms with van der Waals surface area (Å²) in [6.07, 6.45) is 0. The Morgan fingerprint density at radius 1 is 1.16 bits per heavy atom. The molecular formula is C19H18ClN3OS. The Kier molecular flexibility index (Phi) is 5.79. The molecule has 0 aliphatic heterocycles. The molecule has 25 heavy (non-hydrogen) atoms. The van der Waals surface area contributed by atoms with Gasteiger partial charge in [-0.25, -0.2) is 4.68 Å². The number of thioether (sulfide) groups is 1. The fourth-order valence-corrected chi connectivity index (χ4v) is 3.45. The maximum Gasteiger partial charge on any atom is 0.235 e. The van der Waals surface area contributed by atoms with Crippen molar-refractivity contribution in [2.24, 2.45) is 0 Å². The minimum absolute atomic E-state index is 0.0841. The van der Waals surface area contributed by atoms with Crippen molar-refractivity contribution >= 4 is 35.1 Å². The first-order valence-electron chi connectivity index (χ1n) is 7.87. The predicted molar refractivity (Wildman–Crippen MR) is 103 cm³/mol. The van der Waals surface area contributed by atoms with E-state index in [1.165, 1.54) is 11.8 Å². The van der Waals surface area contributed by atoms with Gasteiger partial charge in [-0.05, 0) is 24.6 Å². The molecule has 0 atom stereocenters.